The predicted molar refractivity (Wildman–Crippen MR) is 224 cm³/mol. The lowest BCUT2D eigenvalue weighted by molar-refractivity contribution is -0.167. The quantitative estimate of drug-likeness (QED) is 0.0351. The molecule has 6 nitrogen and oxygen atoms in total. The van der Waals surface area contributed by atoms with Crippen LogP contribution in [0.5, 0.6) is 0 Å². The molecule has 0 aromatic carbocycles. The van der Waals surface area contributed by atoms with E-state index in [1.807, 2.05) is 0 Å². The number of carbonyl (C=O) groups excluding carboxylic acids is 3. The molecule has 0 spiro atoms. The van der Waals surface area contributed by atoms with Gasteiger partial charge in [-0.1, -0.05) is 220 Å². The first-order valence-electron chi connectivity index (χ1n) is 23.4. The number of carbonyl (C=O) groups is 3. The average Bonchev–Trinajstić information content (AvgIpc) is 3.14. The Bertz CT molecular complexity index is 796. The highest BCUT2D eigenvalue weighted by molar-refractivity contribution is 5.71. The second-order valence-corrected chi connectivity index (χ2v) is 16.5. The van der Waals surface area contributed by atoms with Crippen molar-refractivity contribution in [2.75, 3.05) is 13.2 Å². The molecule has 0 saturated heterocycles. The van der Waals surface area contributed by atoms with Crippen molar-refractivity contribution in [3.05, 3.63) is 0 Å². The van der Waals surface area contributed by atoms with Crippen LogP contribution in [-0.4, -0.2) is 37.2 Å². The lowest BCUT2D eigenvalue weighted by atomic mass is 10.0. The molecule has 314 valence electrons. The fourth-order valence-corrected chi connectivity index (χ4v) is 6.98. The van der Waals surface area contributed by atoms with Crippen LogP contribution in [0.1, 0.15) is 259 Å². The summed E-state index contributed by atoms with van der Waals surface area (Å²) >= 11 is 0. The molecule has 0 aromatic rings. The van der Waals surface area contributed by atoms with E-state index < -0.39 is 6.10 Å². The molecular formula is C47H90O6. The third kappa shape index (κ3) is 41.4. The van der Waals surface area contributed by atoms with Crippen LogP contribution in [0, 0.1) is 5.92 Å². The zero-order chi connectivity index (χ0) is 38.9. The lowest BCUT2D eigenvalue weighted by Gasteiger charge is -2.18. The first-order valence-corrected chi connectivity index (χ1v) is 23.4. The number of hydrogen-bond acceptors (Lipinski definition) is 6. The summed E-state index contributed by atoms with van der Waals surface area (Å²) in [5.41, 5.74) is 0. The normalized spacial score (nSPS) is 11.9. The third-order valence-electron chi connectivity index (χ3n) is 10.5. The Morgan fingerprint density at radius 1 is 0.358 bits per heavy atom. The predicted octanol–water partition coefficient (Wildman–Crippen LogP) is 14.7. The molecule has 53 heavy (non-hydrogen) atoms. The third-order valence-corrected chi connectivity index (χ3v) is 10.5. The monoisotopic (exact) mass is 751 g/mol. The van der Waals surface area contributed by atoms with Gasteiger partial charge in [0.25, 0.3) is 0 Å². The Hall–Kier alpha value is -1.59. The summed E-state index contributed by atoms with van der Waals surface area (Å²) in [5.74, 6) is -0.0761. The minimum absolute atomic E-state index is 0.0652. The Morgan fingerprint density at radius 2 is 0.623 bits per heavy atom. The molecule has 0 radical (unpaired) electrons. The Kier molecular flexibility index (Phi) is 40.3. The molecule has 1 atom stereocenters. The largest absolute Gasteiger partial charge is 0.462 e. The van der Waals surface area contributed by atoms with Crippen LogP contribution in [0.3, 0.4) is 0 Å². The Balaban J connectivity index is 4.09. The van der Waals surface area contributed by atoms with E-state index in [9.17, 15) is 14.4 Å². The maximum atomic E-state index is 12.6. The molecule has 0 saturated carbocycles. The van der Waals surface area contributed by atoms with Crippen molar-refractivity contribution in [2.45, 2.75) is 265 Å². The highest BCUT2D eigenvalue weighted by Gasteiger charge is 2.19. The molecule has 6 heteroatoms. The van der Waals surface area contributed by atoms with Crippen molar-refractivity contribution < 1.29 is 28.6 Å². The van der Waals surface area contributed by atoms with Crippen LogP contribution < -0.4 is 0 Å². The summed E-state index contributed by atoms with van der Waals surface area (Å²) in [5, 5.41) is 0. The summed E-state index contributed by atoms with van der Waals surface area (Å²) in [4.78, 5) is 37.4. The molecule has 0 aromatic heterocycles. The second kappa shape index (κ2) is 41.6. The zero-order valence-electron chi connectivity index (χ0n) is 36.0. The van der Waals surface area contributed by atoms with Gasteiger partial charge in [0.2, 0.25) is 0 Å². The highest BCUT2D eigenvalue weighted by Crippen LogP contribution is 2.16. The van der Waals surface area contributed by atoms with Gasteiger partial charge >= 0.3 is 17.9 Å². The molecule has 0 bridgehead atoms. The highest BCUT2D eigenvalue weighted by atomic mass is 16.6. The molecular weight excluding hydrogens is 661 g/mol. The second-order valence-electron chi connectivity index (χ2n) is 16.5. The van der Waals surface area contributed by atoms with E-state index in [4.69, 9.17) is 14.2 Å². The van der Waals surface area contributed by atoms with E-state index in [1.54, 1.807) is 0 Å². The van der Waals surface area contributed by atoms with Crippen molar-refractivity contribution in [3.8, 4) is 0 Å². The fourth-order valence-electron chi connectivity index (χ4n) is 6.98. The van der Waals surface area contributed by atoms with Gasteiger partial charge in [-0.25, -0.2) is 0 Å². The molecule has 0 N–H and O–H groups in total. The van der Waals surface area contributed by atoms with E-state index in [0.29, 0.717) is 19.3 Å². The van der Waals surface area contributed by atoms with Gasteiger partial charge in [-0.15, -0.1) is 0 Å². The van der Waals surface area contributed by atoms with E-state index in [1.165, 1.54) is 148 Å². The van der Waals surface area contributed by atoms with Crippen molar-refractivity contribution in [2.24, 2.45) is 5.92 Å². The topological polar surface area (TPSA) is 78.9 Å². The lowest BCUT2D eigenvalue weighted by Crippen LogP contribution is -2.30. The van der Waals surface area contributed by atoms with Gasteiger partial charge in [-0.05, 0) is 25.2 Å². The van der Waals surface area contributed by atoms with Crippen LogP contribution in [0.15, 0.2) is 0 Å². The molecule has 0 aliphatic rings. The van der Waals surface area contributed by atoms with Crippen molar-refractivity contribution >= 4 is 17.9 Å². The standard InChI is InChI=1S/C47H90O6/c1-5-7-9-11-12-13-14-15-16-17-18-19-20-21-22-23-27-31-35-39-46(49)52-42-44(41-51-45(48)38-34-29-10-8-6-2)53-47(50)40-36-32-28-25-24-26-30-33-37-43(3)4/h43-44H,5-42H2,1-4H3/t44-/m0/s1. The van der Waals surface area contributed by atoms with Gasteiger partial charge in [0.1, 0.15) is 13.2 Å². The maximum absolute atomic E-state index is 12.6. The van der Waals surface area contributed by atoms with Crippen LogP contribution in [0.4, 0.5) is 0 Å². The van der Waals surface area contributed by atoms with Gasteiger partial charge in [-0.3, -0.25) is 14.4 Å². The summed E-state index contributed by atoms with van der Waals surface area (Å²) in [6.07, 6.45) is 41.3. The number of unbranched alkanes of at least 4 members (excludes halogenated alkanes) is 29. The van der Waals surface area contributed by atoms with Crippen molar-refractivity contribution in [1.29, 1.82) is 0 Å². The Morgan fingerprint density at radius 3 is 0.925 bits per heavy atom. The molecule has 0 fully saturated rings. The molecule has 0 aliphatic heterocycles. The van der Waals surface area contributed by atoms with Crippen LogP contribution in [0.25, 0.3) is 0 Å². The van der Waals surface area contributed by atoms with Crippen molar-refractivity contribution in [3.63, 3.8) is 0 Å². The molecule has 0 unspecified atom stereocenters. The Labute approximate surface area is 329 Å². The number of esters is 3. The molecule has 0 aliphatic carbocycles. The minimum Gasteiger partial charge on any atom is -0.462 e. The zero-order valence-corrected chi connectivity index (χ0v) is 36.0. The molecule has 0 amide bonds. The van der Waals surface area contributed by atoms with Gasteiger partial charge < -0.3 is 14.2 Å². The van der Waals surface area contributed by atoms with E-state index in [-0.39, 0.29) is 31.1 Å². The van der Waals surface area contributed by atoms with Crippen molar-refractivity contribution in [1.82, 2.24) is 0 Å². The van der Waals surface area contributed by atoms with E-state index in [2.05, 4.69) is 27.7 Å². The number of ether oxygens (including phenoxy) is 3. The average molecular weight is 751 g/mol. The summed E-state index contributed by atoms with van der Waals surface area (Å²) in [6.45, 7) is 8.89. The van der Waals surface area contributed by atoms with E-state index >= 15 is 0 Å². The summed E-state index contributed by atoms with van der Waals surface area (Å²) < 4.78 is 16.6. The first-order chi connectivity index (χ1) is 25.9. The fraction of sp³-hybridized carbons (Fsp3) is 0.936. The van der Waals surface area contributed by atoms with Crippen LogP contribution in [0.2, 0.25) is 0 Å². The minimum atomic E-state index is -0.758. The number of rotatable bonds is 42. The van der Waals surface area contributed by atoms with Gasteiger partial charge in [0.15, 0.2) is 6.10 Å². The van der Waals surface area contributed by atoms with Crippen LogP contribution in [-0.2, 0) is 28.6 Å². The summed E-state index contributed by atoms with van der Waals surface area (Å²) in [6, 6.07) is 0. The van der Waals surface area contributed by atoms with Gasteiger partial charge in [0.05, 0.1) is 0 Å². The first kappa shape index (κ1) is 51.4. The smallest absolute Gasteiger partial charge is 0.306 e. The van der Waals surface area contributed by atoms with Crippen LogP contribution >= 0.6 is 0 Å². The molecule has 0 heterocycles. The maximum Gasteiger partial charge on any atom is 0.306 e. The molecule has 0 rings (SSSR count). The van der Waals surface area contributed by atoms with Gasteiger partial charge in [0, 0.05) is 19.3 Å². The number of hydrogen-bond donors (Lipinski definition) is 0. The summed E-state index contributed by atoms with van der Waals surface area (Å²) in [7, 11) is 0. The van der Waals surface area contributed by atoms with E-state index in [0.717, 1.165) is 70.1 Å². The SMILES string of the molecule is CCCCCCCCCCCCCCCCCCCCCC(=O)OC[C@H](COC(=O)CCCCCCC)OC(=O)CCCCCCCCCCC(C)C. The van der Waals surface area contributed by atoms with Gasteiger partial charge in [-0.2, -0.15) is 0 Å².